The molecule has 0 bridgehead atoms. The van der Waals surface area contributed by atoms with Crippen molar-refractivity contribution >= 4 is 17.2 Å². The van der Waals surface area contributed by atoms with Crippen LogP contribution in [-0.4, -0.2) is 40.7 Å². The summed E-state index contributed by atoms with van der Waals surface area (Å²) in [4.78, 5) is 14.1. The molecule has 1 N–H and O–H groups in total. The number of amides is 1. The number of anilines is 1. The summed E-state index contributed by atoms with van der Waals surface area (Å²) in [6, 6.07) is 20.6. The van der Waals surface area contributed by atoms with Crippen molar-refractivity contribution in [1.82, 2.24) is 34.8 Å². The molecule has 0 saturated carbocycles. The van der Waals surface area contributed by atoms with Crippen molar-refractivity contribution in [2.75, 3.05) is 5.32 Å². The van der Waals surface area contributed by atoms with Crippen LogP contribution in [0.3, 0.4) is 0 Å². The topological polar surface area (TPSA) is 103 Å². The summed E-state index contributed by atoms with van der Waals surface area (Å²) < 4.78 is 1.68. The molecule has 30 heavy (non-hydrogen) atoms. The van der Waals surface area contributed by atoms with Crippen LogP contribution in [0.5, 0.6) is 0 Å². The number of carbonyl (C=O) groups is 1. The first-order valence-electron chi connectivity index (χ1n) is 9.26. The third kappa shape index (κ3) is 3.28. The lowest BCUT2D eigenvalue weighted by atomic mass is 10.1. The Morgan fingerprint density at radius 2 is 1.80 bits per heavy atom. The van der Waals surface area contributed by atoms with Crippen LogP contribution in [0.4, 0.5) is 5.69 Å². The summed E-state index contributed by atoms with van der Waals surface area (Å²) in [5.41, 5.74) is 3.93. The molecular weight excluding hydrogens is 380 g/mol. The van der Waals surface area contributed by atoms with Gasteiger partial charge in [-0.3, -0.25) is 4.79 Å². The average Bonchev–Trinajstić information content (AvgIpc) is 3.42. The molecule has 3 heterocycles. The third-order valence-electron chi connectivity index (χ3n) is 4.55. The molecule has 1 amide bonds. The zero-order valence-electron chi connectivity index (χ0n) is 16.0. The molecule has 146 valence electrons. The summed E-state index contributed by atoms with van der Waals surface area (Å²) >= 11 is 0. The SMILES string of the molecule is Cc1nnc2ccc(-c3cccc(NC(=O)c4cnn(-c5ccccc5)n4)c3)nn12. The molecule has 0 aliphatic carbocycles. The highest BCUT2D eigenvalue weighted by Crippen LogP contribution is 2.21. The second-order valence-electron chi connectivity index (χ2n) is 6.63. The van der Waals surface area contributed by atoms with Crippen molar-refractivity contribution in [2.24, 2.45) is 0 Å². The van der Waals surface area contributed by atoms with Crippen LogP contribution in [0.15, 0.2) is 72.9 Å². The van der Waals surface area contributed by atoms with E-state index < -0.39 is 0 Å². The second kappa shape index (κ2) is 7.21. The van der Waals surface area contributed by atoms with E-state index in [1.165, 1.54) is 11.0 Å². The van der Waals surface area contributed by atoms with Gasteiger partial charge < -0.3 is 5.32 Å². The van der Waals surface area contributed by atoms with Crippen LogP contribution in [0.1, 0.15) is 16.3 Å². The minimum Gasteiger partial charge on any atom is -0.321 e. The molecule has 0 radical (unpaired) electrons. The highest BCUT2D eigenvalue weighted by molar-refractivity contribution is 6.02. The van der Waals surface area contributed by atoms with Gasteiger partial charge in [0.2, 0.25) is 0 Å². The molecule has 2 aromatic carbocycles. The smallest absolute Gasteiger partial charge is 0.277 e. The monoisotopic (exact) mass is 396 g/mol. The summed E-state index contributed by atoms with van der Waals surface area (Å²) in [6.45, 7) is 1.84. The minimum atomic E-state index is -0.340. The Hall–Kier alpha value is -4.40. The average molecular weight is 396 g/mol. The van der Waals surface area contributed by atoms with Crippen LogP contribution < -0.4 is 5.32 Å². The number of fused-ring (bicyclic) bond motifs is 1. The van der Waals surface area contributed by atoms with Gasteiger partial charge in [0.05, 0.1) is 17.6 Å². The first-order valence-corrected chi connectivity index (χ1v) is 9.26. The van der Waals surface area contributed by atoms with Gasteiger partial charge in [0.15, 0.2) is 17.2 Å². The molecule has 0 aliphatic rings. The number of aryl methyl sites for hydroxylation is 1. The van der Waals surface area contributed by atoms with Gasteiger partial charge >= 0.3 is 0 Å². The molecule has 0 fully saturated rings. The number of benzene rings is 2. The van der Waals surface area contributed by atoms with Gasteiger partial charge in [-0.05, 0) is 43.3 Å². The Bertz CT molecular complexity index is 1360. The lowest BCUT2D eigenvalue weighted by molar-refractivity contribution is 0.102. The van der Waals surface area contributed by atoms with Gasteiger partial charge in [0.25, 0.3) is 5.91 Å². The van der Waals surface area contributed by atoms with Crippen molar-refractivity contribution in [2.45, 2.75) is 6.92 Å². The van der Waals surface area contributed by atoms with Gasteiger partial charge in [0, 0.05) is 11.3 Å². The zero-order valence-corrected chi connectivity index (χ0v) is 16.0. The fraction of sp³-hybridized carbons (Fsp3) is 0.0476. The number of nitrogens with zero attached hydrogens (tertiary/aromatic N) is 7. The van der Waals surface area contributed by atoms with Crippen LogP contribution in [-0.2, 0) is 0 Å². The van der Waals surface area contributed by atoms with E-state index in [0.29, 0.717) is 17.2 Å². The number of aromatic nitrogens is 7. The number of nitrogens with one attached hydrogen (secondary N) is 1. The Balaban J connectivity index is 1.38. The van der Waals surface area contributed by atoms with Crippen molar-refractivity contribution in [3.8, 4) is 16.9 Å². The summed E-state index contributed by atoms with van der Waals surface area (Å²) in [6.07, 6.45) is 1.44. The van der Waals surface area contributed by atoms with E-state index in [0.717, 1.165) is 16.9 Å². The Morgan fingerprint density at radius 3 is 2.67 bits per heavy atom. The van der Waals surface area contributed by atoms with Gasteiger partial charge in [-0.15, -0.1) is 15.3 Å². The normalized spacial score (nSPS) is 11.0. The van der Waals surface area contributed by atoms with E-state index in [4.69, 9.17) is 0 Å². The Kier molecular flexibility index (Phi) is 4.25. The predicted octanol–water partition coefficient (Wildman–Crippen LogP) is 2.93. The van der Waals surface area contributed by atoms with Crippen molar-refractivity contribution in [3.63, 3.8) is 0 Å². The van der Waals surface area contributed by atoms with Crippen LogP contribution >= 0.6 is 0 Å². The Morgan fingerprint density at radius 1 is 0.933 bits per heavy atom. The molecule has 0 spiro atoms. The zero-order chi connectivity index (χ0) is 20.5. The maximum Gasteiger partial charge on any atom is 0.277 e. The van der Waals surface area contributed by atoms with E-state index in [1.807, 2.05) is 73.7 Å². The molecule has 0 unspecified atom stereocenters. The van der Waals surface area contributed by atoms with E-state index in [1.54, 1.807) is 4.52 Å². The molecule has 9 nitrogen and oxygen atoms in total. The fourth-order valence-corrected chi connectivity index (χ4v) is 3.05. The minimum absolute atomic E-state index is 0.226. The van der Waals surface area contributed by atoms with Crippen LogP contribution in [0.2, 0.25) is 0 Å². The van der Waals surface area contributed by atoms with E-state index in [-0.39, 0.29) is 11.6 Å². The number of rotatable bonds is 4. The maximum absolute atomic E-state index is 12.6. The third-order valence-corrected chi connectivity index (χ3v) is 4.55. The molecule has 5 aromatic rings. The summed E-state index contributed by atoms with van der Waals surface area (Å²) in [5.74, 6) is 0.366. The first kappa shape index (κ1) is 17.7. The summed E-state index contributed by atoms with van der Waals surface area (Å²) in [7, 11) is 0. The van der Waals surface area contributed by atoms with Gasteiger partial charge in [-0.2, -0.15) is 19.5 Å². The highest BCUT2D eigenvalue weighted by Gasteiger charge is 2.13. The molecule has 5 rings (SSSR count). The van der Waals surface area contributed by atoms with E-state index in [2.05, 4.69) is 30.8 Å². The van der Waals surface area contributed by atoms with Gasteiger partial charge in [-0.25, -0.2) is 0 Å². The van der Waals surface area contributed by atoms with Crippen LogP contribution in [0, 0.1) is 6.92 Å². The quantitative estimate of drug-likeness (QED) is 0.501. The maximum atomic E-state index is 12.6. The predicted molar refractivity (Wildman–Crippen MR) is 110 cm³/mol. The molecule has 0 atom stereocenters. The lowest BCUT2D eigenvalue weighted by Gasteiger charge is -2.06. The molecule has 3 aromatic heterocycles. The fourth-order valence-electron chi connectivity index (χ4n) is 3.05. The Labute approximate surface area is 171 Å². The van der Waals surface area contributed by atoms with Gasteiger partial charge in [0.1, 0.15) is 0 Å². The first-order chi connectivity index (χ1) is 14.7. The molecular formula is C21H16N8O. The second-order valence-corrected chi connectivity index (χ2v) is 6.63. The molecule has 0 aliphatic heterocycles. The largest absolute Gasteiger partial charge is 0.321 e. The molecule has 0 saturated heterocycles. The van der Waals surface area contributed by atoms with Crippen molar-refractivity contribution < 1.29 is 4.79 Å². The highest BCUT2D eigenvalue weighted by atomic mass is 16.2. The number of carbonyl (C=O) groups excluding carboxylic acids is 1. The summed E-state index contributed by atoms with van der Waals surface area (Å²) in [5, 5.41) is 23.9. The standard InChI is InChI=1S/C21H16N8O/c1-14-24-25-20-11-10-18(26-28(14)20)15-6-5-7-16(12-15)23-21(30)19-13-22-29(27-19)17-8-3-2-4-9-17/h2-13H,1H3,(H,23,30). The number of hydrogen-bond donors (Lipinski definition) is 1. The number of para-hydroxylation sites is 1. The van der Waals surface area contributed by atoms with Crippen molar-refractivity contribution in [1.29, 1.82) is 0 Å². The van der Waals surface area contributed by atoms with Gasteiger partial charge in [-0.1, -0.05) is 30.3 Å². The lowest BCUT2D eigenvalue weighted by Crippen LogP contribution is -2.13. The molecule has 9 heteroatoms. The number of hydrogen-bond acceptors (Lipinski definition) is 6. The van der Waals surface area contributed by atoms with E-state index in [9.17, 15) is 4.79 Å². The van der Waals surface area contributed by atoms with Crippen LogP contribution in [0.25, 0.3) is 22.6 Å². The van der Waals surface area contributed by atoms with E-state index >= 15 is 0 Å². The van der Waals surface area contributed by atoms with Crippen molar-refractivity contribution in [3.05, 3.63) is 84.4 Å².